The van der Waals surface area contributed by atoms with Crippen molar-refractivity contribution in [3.05, 3.63) is 133 Å². The normalized spacial score (nSPS) is 11.4. The van der Waals surface area contributed by atoms with Crippen molar-refractivity contribution in [2.24, 2.45) is 7.05 Å². The summed E-state index contributed by atoms with van der Waals surface area (Å²) in [5, 5.41) is 2.59. The maximum atomic E-state index is 2.39. The molecule has 0 aliphatic carbocycles. The smallest absolute Gasteiger partial charge is 0.0577 e. The SMILES string of the molecule is Cc1cc(-c2ccccc2)sc1-c1cc(-c2ccccc2)cc2c3cc(-c4ccccc4)ccc3n(C)c12. The highest BCUT2D eigenvalue weighted by Gasteiger charge is 2.19. The number of hydrogen-bond acceptors (Lipinski definition) is 1. The molecular weight excluding hydrogens is 478 g/mol. The number of rotatable bonds is 4. The molecular formula is C36H27NS. The number of aromatic nitrogens is 1. The van der Waals surface area contributed by atoms with E-state index >= 15 is 0 Å². The van der Waals surface area contributed by atoms with Gasteiger partial charge in [-0.05, 0) is 70.6 Å². The van der Waals surface area contributed by atoms with E-state index in [4.69, 9.17) is 0 Å². The molecule has 2 aromatic heterocycles. The second-order valence-electron chi connectivity index (χ2n) is 9.93. The second kappa shape index (κ2) is 9.16. The minimum Gasteiger partial charge on any atom is -0.343 e. The molecule has 0 aliphatic heterocycles. The largest absolute Gasteiger partial charge is 0.343 e. The fourth-order valence-corrected chi connectivity index (χ4v) is 6.84. The minimum atomic E-state index is 1.24. The second-order valence-corrected chi connectivity index (χ2v) is 11.0. The van der Waals surface area contributed by atoms with Gasteiger partial charge in [-0.15, -0.1) is 11.3 Å². The maximum Gasteiger partial charge on any atom is 0.0577 e. The summed E-state index contributed by atoms with van der Waals surface area (Å²) in [7, 11) is 2.21. The van der Waals surface area contributed by atoms with E-state index in [9.17, 15) is 0 Å². The molecule has 7 aromatic rings. The van der Waals surface area contributed by atoms with E-state index in [1.807, 2.05) is 11.3 Å². The molecule has 0 fully saturated rings. The molecule has 5 aromatic carbocycles. The van der Waals surface area contributed by atoms with E-state index in [0.717, 1.165) is 0 Å². The predicted molar refractivity (Wildman–Crippen MR) is 165 cm³/mol. The highest BCUT2D eigenvalue weighted by atomic mass is 32.1. The topological polar surface area (TPSA) is 4.93 Å². The number of aryl methyl sites for hydroxylation is 2. The lowest BCUT2D eigenvalue weighted by atomic mass is 9.96. The van der Waals surface area contributed by atoms with E-state index in [1.54, 1.807) is 0 Å². The molecule has 0 atom stereocenters. The Morgan fingerprint density at radius 3 is 1.76 bits per heavy atom. The molecule has 0 bridgehead atoms. The fraction of sp³-hybridized carbons (Fsp3) is 0.0556. The Hall–Kier alpha value is -4.40. The molecule has 0 saturated heterocycles. The van der Waals surface area contributed by atoms with Gasteiger partial charge in [0, 0.05) is 38.7 Å². The van der Waals surface area contributed by atoms with Crippen LogP contribution in [0.1, 0.15) is 5.56 Å². The van der Waals surface area contributed by atoms with Crippen molar-refractivity contribution in [1.29, 1.82) is 0 Å². The molecule has 182 valence electrons. The summed E-state index contributed by atoms with van der Waals surface area (Å²) < 4.78 is 2.38. The van der Waals surface area contributed by atoms with Gasteiger partial charge in [0.25, 0.3) is 0 Å². The Labute approximate surface area is 227 Å². The van der Waals surface area contributed by atoms with Crippen molar-refractivity contribution < 1.29 is 0 Å². The van der Waals surface area contributed by atoms with Crippen molar-refractivity contribution in [3.63, 3.8) is 0 Å². The van der Waals surface area contributed by atoms with Gasteiger partial charge in [-0.3, -0.25) is 0 Å². The summed E-state index contributed by atoms with van der Waals surface area (Å²) in [5.74, 6) is 0. The predicted octanol–water partition coefficient (Wildman–Crippen LogP) is 10.4. The minimum absolute atomic E-state index is 1.24. The lowest BCUT2D eigenvalue weighted by Crippen LogP contribution is -1.91. The summed E-state index contributed by atoms with van der Waals surface area (Å²) in [6.45, 7) is 2.25. The molecule has 0 N–H and O–H groups in total. The van der Waals surface area contributed by atoms with E-state index in [1.165, 1.54) is 70.5 Å². The summed E-state index contributed by atoms with van der Waals surface area (Å²) in [5.41, 5.74) is 11.4. The van der Waals surface area contributed by atoms with E-state index < -0.39 is 0 Å². The van der Waals surface area contributed by atoms with Crippen LogP contribution in [0, 0.1) is 6.92 Å². The average Bonchev–Trinajstić information content (AvgIpc) is 3.51. The summed E-state index contributed by atoms with van der Waals surface area (Å²) in [6.07, 6.45) is 0. The van der Waals surface area contributed by atoms with Crippen LogP contribution in [-0.2, 0) is 7.05 Å². The van der Waals surface area contributed by atoms with Crippen molar-refractivity contribution in [2.75, 3.05) is 0 Å². The number of thiophene rings is 1. The van der Waals surface area contributed by atoms with Crippen molar-refractivity contribution in [1.82, 2.24) is 4.57 Å². The summed E-state index contributed by atoms with van der Waals surface area (Å²) >= 11 is 1.89. The van der Waals surface area contributed by atoms with Crippen LogP contribution >= 0.6 is 11.3 Å². The molecule has 38 heavy (non-hydrogen) atoms. The van der Waals surface area contributed by atoms with E-state index in [2.05, 4.69) is 146 Å². The Morgan fingerprint density at radius 1 is 0.526 bits per heavy atom. The van der Waals surface area contributed by atoms with Crippen LogP contribution in [0.2, 0.25) is 0 Å². The molecule has 0 unspecified atom stereocenters. The van der Waals surface area contributed by atoms with E-state index in [-0.39, 0.29) is 0 Å². The molecule has 0 spiro atoms. The highest BCUT2D eigenvalue weighted by molar-refractivity contribution is 7.19. The van der Waals surface area contributed by atoms with Gasteiger partial charge in [0.2, 0.25) is 0 Å². The van der Waals surface area contributed by atoms with Gasteiger partial charge >= 0.3 is 0 Å². The average molecular weight is 506 g/mol. The monoisotopic (exact) mass is 505 g/mol. The highest BCUT2D eigenvalue weighted by Crippen LogP contribution is 2.45. The van der Waals surface area contributed by atoms with Crippen LogP contribution in [0.15, 0.2) is 127 Å². The van der Waals surface area contributed by atoms with Gasteiger partial charge in [-0.25, -0.2) is 0 Å². The molecule has 0 saturated carbocycles. The number of benzene rings is 5. The third-order valence-corrected chi connectivity index (χ3v) is 8.85. The lowest BCUT2D eigenvalue weighted by Gasteiger charge is -2.10. The number of hydrogen-bond donors (Lipinski definition) is 0. The summed E-state index contributed by atoms with van der Waals surface area (Å²) in [4.78, 5) is 2.64. The van der Waals surface area contributed by atoms with Gasteiger partial charge < -0.3 is 4.57 Å². The Bertz CT molecular complexity index is 1910. The molecule has 1 nitrogen and oxygen atoms in total. The quantitative estimate of drug-likeness (QED) is 0.224. The van der Waals surface area contributed by atoms with Crippen LogP contribution in [0.25, 0.3) is 64.9 Å². The number of nitrogens with zero attached hydrogens (tertiary/aromatic N) is 1. The van der Waals surface area contributed by atoms with Crippen LogP contribution in [0.4, 0.5) is 0 Å². The standard InChI is InChI=1S/C36H27NS/c1-24-20-34(27-16-10-5-11-17-27)38-36(24)32-23-29(26-14-8-4-9-15-26)22-31-30-21-28(25-12-6-3-7-13-25)18-19-33(30)37(2)35(31)32/h3-23H,1-2H3. The maximum absolute atomic E-state index is 2.39. The van der Waals surface area contributed by atoms with Crippen molar-refractivity contribution >= 4 is 33.1 Å². The zero-order valence-corrected chi connectivity index (χ0v) is 22.3. The third-order valence-electron chi connectivity index (χ3n) is 7.53. The molecule has 2 heteroatoms. The van der Waals surface area contributed by atoms with E-state index in [0.29, 0.717) is 0 Å². The van der Waals surface area contributed by atoms with Crippen molar-refractivity contribution in [3.8, 4) is 43.1 Å². The third kappa shape index (κ3) is 3.77. The molecule has 0 amide bonds. The van der Waals surface area contributed by atoms with Crippen LogP contribution < -0.4 is 0 Å². The van der Waals surface area contributed by atoms with Gasteiger partial charge in [-0.1, -0.05) is 97.1 Å². The first-order valence-electron chi connectivity index (χ1n) is 13.0. The van der Waals surface area contributed by atoms with Crippen LogP contribution in [0.5, 0.6) is 0 Å². The molecule has 2 heterocycles. The molecule has 7 rings (SSSR count). The zero-order chi connectivity index (χ0) is 25.6. The lowest BCUT2D eigenvalue weighted by molar-refractivity contribution is 1.02. The van der Waals surface area contributed by atoms with Crippen LogP contribution in [-0.4, -0.2) is 4.57 Å². The Morgan fingerprint density at radius 2 is 1.11 bits per heavy atom. The van der Waals surface area contributed by atoms with Crippen molar-refractivity contribution in [2.45, 2.75) is 6.92 Å². The summed E-state index contributed by atoms with van der Waals surface area (Å²) in [6, 6.07) is 46.1. The number of fused-ring (bicyclic) bond motifs is 3. The zero-order valence-electron chi connectivity index (χ0n) is 21.5. The Balaban J connectivity index is 1.53. The van der Waals surface area contributed by atoms with Crippen LogP contribution in [0.3, 0.4) is 0 Å². The van der Waals surface area contributed by atoms with Gasteiger partial charge in [-0.2, -0.15) is 0 Å². The first-order valence-corrected chi connectivity index (χ1v) is 13.8. The fourth-order valence-electron chi connectivity index (χ4n) is 5.64. The first kappa shape index (κ1) is 22.8. The Kier molecular flexibility index (Phi) is 5.49. The first-order chi connectivity index (χ1) is 18.7. The van der Waals surface area contributed by atoms with Gasteiger partial charge in [0.05, 0.1) is 5.52 Å². The van der Waals surface area contributed by atoms with Gasteiger partial charge in [0.15, 0.2) is 0 Å². The van der Waals surface area contributed by atoms with Gasteiger partial charge in [0.1, 0.15) is 0 Å². The molecule has 0 radical (unpaired) electrons. The molecule has 0 aliphatic rings.